The van der Waals surface area contributed by atoms with Gasteiger partial charge in [-0.05, 0) is 69.0 Å². The fourth-order valence-electron chi connectivity index (χ4n) is 4.87. The van der Waals surface area contributed by atoms with Crippen molar-refractivity contribution in [2.45, 2.75) is 32.7 Å². The van der Waals surface area contributed by atoms with Gasteiger partial charge in [0.1, 0.15) is 0 Å². The van der Waals surface area contributed by atoms with Gasteiger partial charge in [0.15, 0.2) is 0 Å². The molecule has 5 nitrogen and oxygen atoms in total. The molecule has 5 heteroatoms. The van der Waals surface area contributed by atoms with Gasteiger partial charge in [0.25, 0.3) is 5.91 Å². The van der Waals surface area contributed by atoms with Crippen molar-refractivity contribution in [1.29, 1.82) is 0 Å². The van der Waals surface area contributed by atoms with Crippen molar-refractivity contribution in [2.75, 3.05) is 57.3 Å². The lowest BCUT2D eigenvalue weighted by molar-refractivity contribution is 0.0947. The Kier molecular flexibility index (Phi) is 7.82. The van der Waals surface area contributed by atoms with Crippen LogP contribution in [0, 0.1) is 5.92 Å². The summed E-state index contributed by atoms with van der Waals surface area (Å²) in [6, 6.07) is 19.4. The second-order valence-electron chi connectivity index (χ2n) is 9.56. The van der Waals surface area contributed by atoms with Crippen molar-refractivity contribution in [1.82, 2.24) is 15.1 Å². The van der Waals surface area contributed by atoms with Crippen LogP contribution >= 0.6 is 0 Å². The highest BCUT2D eigenvalue weighted by Crippen LogP contribution is 2.19. The summed E-state index contributed by atoms with van der Waals surface area (Å²) in [5.74, 6) is 0.593. The number of piperazine rings is 1. The van der Waals surface area contributed by atoms with Crippen LogP contribution in [0.3, 0.4) is 0 Å². The van der Waals surface area contributed by atoms with E-state index in [2.05, 4.69) is 76.3 Å². The third kappa shape index (κ3) is 6.11. The average molecular weight is 435 g/mol. The molecule has 2 saturated heterocycles. The molecule has 1 N–H and O–H groups in total. The second-order valence-corrected chi connectivity index (χ2v) is 9.56. The zero-order valence-corrected chi connectivity index (χ0v) is 19.7. The molecule has 2 aromatic rings. The van der Waals surface area contributed by atoms with Gasteiger partial charge in [-0.2, -0.15) is 0 Å². The zero-order valence-electron chi connectivity index (χ0n) is 19.7. The third-order valence-electron chi connectivity index (χ3n) is 7.02. The van der Waals surface area contributed by atoms with Gasteiger partial charge in [-0.25, -0.2) is 0 Å². The fourth-order valence-corrected chi connectivity index (χ4v) is 4.87. The summed E-state index contributed by atoms with van der Waals surface area (Å²) >= 11 is 0. The quantitative estimate of drug-likeness (QED) is 0.690. The number of nitrogens with one attached hydrogen (secondary N) is 1. The van der Waals surface area contributed by atoms with Crippen LogP contribution in [-0.4, -0.2) is 74.1 Å². The van der Waals surface area contributed by atoms with Crippen LogP contribution in [-0.2, 0) is 6.42 Å². The van der Waals surface area contributed by atoms with E-state index in [-0.39, 0.29) is 5.91 Å². The van der Waals surface area contributed by atoms with Gasteiger partial charge in [-0.3, -0.25) is 9.69 Å². The minimum atomic E-state index is 0.0453. The predicted octanol–water partition coefficient (Wildman–Crippen LogP) is 3.51. The number of likely N-dealkylation sites (tertiary alicyclic amines) is 1. The van der Waals surface area contributed by atoms with Crippen LogP contribution in [0.5, 0.6) is 0 Å². The highest BCUT2D eigenvalue weighted by Gasteiger charge is 2.23. The smallest absolute Gasteiger partial charge is 0.251 e. The molecule has 1 atom stereocenters. The van der Waals surface area contributed by atoms with E-state index >= 15 is 0 Å². The number of hydrogen-bond donors (Lipinski definition) is 1. The van der Waals surface area contributed by atoms with Crippen molar-refractivity contribution < 1.29 is 4.79 Å². The normalized spacial score (nSPS) is 20.1. The number of benzene rings is 2. The van der Waals surface area contributed by atoms with Gasteiger partial charge in [0, 0.05) is 63.1 Å². The largest absolute Gasteiger partial charge is 0.369 e. The van der Waals surface area contributed by atoms with Crippen LogP contribution in [0.25, 0.3) is 0 Å². The van der Waals surface area contributed by atoms with E-state index in [4.69, 9.17) is 0 Å². The third-order valence-corrected chi connectivity index (χ3v) is 7.02. The van der Waals surface area contributed by atoms with E-state index in [0.717, 1.165) is 70.8 Å². The topological polar surface area (TPSA) is 38.8 Å². The molecule has 0 saturated carbocycles. The van der Waals surface area contributed by atoms with E-state index in [9.17, 15) is 4.79 Å². The van der Waals surface area contributed by atoms with Gasteiger partial charge in [0.2, 0.25) is 0 Å². The van der Waals surface area contributed by atoms with Crippen LogP contribution in [0.2, 0.25) is 0 Å². The predicted molar refractivity (Wildman–Crippen MR) is 132 cm³/mol. The Labute approximate surface area is 193 Å². The summed E-state index contributed by atoms with van der Waals surface area (Å²) in [4.78, 5) is 20.1. The van der Waals surface area contributed by atoms with Crippen molar-refractivity contribution in [3.05, 3.63) is 65.7 Å². The van der Waals surface area contributed by atoms with Crippen LogP contribution < -0.4 is 10.2 Å². The molecule has 1 unspecified atom stereocenters. The Morgan fingerprint density at radius 2 is 1.69 bits per heavy atom. The molecule has 2 aromatic carbocycles. The summed E-state index contributed by atoms with van der Waals surface area (Å²) in [7, 11) is 0. The first-order valence-electron chi connectivity index (χ1n) is 12.2. The molecule has 32 heavy (non-hydrogen) atoms. The number of nitrogens with zero attached hydrogens (tertiary/aromatic N) is 3. The van der Waals surface area contributed by atoms with E-state index in [1.807, 2.05) is 12.1 Å². The lowest BCUT2D eigenvalue weighted by Crippen LogP contribution is -2.48. The monoisotopic (exact) mass is 434 g/mol. The SMILES string of the molecule is CC(C)N1CCN(c2ccc(C(=O)NCC3CCN(CCc4ccccc4)C3)cc2)CC1. The standard InChI is InChI=1S/C27H38N4O/c1-22(2)30-16-18-31(19-17-30)26-10-8-25(9-11-26)27(32)28-20-24-13-15-29(21-24)14-12-23-6-4-3-5-7-23/h3-11,22,24H,12-21H2,1-2H3,(H,28,32). The maximum atomic E-state index is 12.7. The number of rotatable bonds is 8. The van der Waals surface area contributed by atoms with Crippen molar-refractivity contribution in [2.24, 2.45) is 5.92 Å². The maximum absolute atomic E-state index is 12.7. The minimum absolute atomic E-state index is 0.0453. The molecular weight excluding hydrogens is 396 g/mol. The molecule has 172 valence electrons. The number of amides is 1. The lowest BCUT2D eigenvalue weighted by atomic mass is 10.1. The first kappa shape index (κ1) is 22.8. The first-order valence-corrected chi connectivity index (χ1v) is 12.2. The number of carbonyl (C=O) groups is 1. The summed E-state index contributed by atoms with van der Waals surface area (Å²) < 4.78 is 0. The molecule has 0 spiro atoms. The number of anilines is 1. The van der Waals surface area contributed by atoms with E-state index in [1.165, 1.54) is 11.3 Å². The highest BCUT2D eigenvalue weighted by atomic mass is 16.1. The van der Waals surface area contributed by atoms with E-state index in [0.29, 0.717) is 12.0 Å². The molecule has 2 aliphatic rings. The number of carbonyl (C=O) groups excluding carboxylic acids is 1. The lowest BCUT2D eigenvalue weighted by Gasteiger charge is -2.38. The van der Waals surface area contributed by atoms with E-state index in [1.54, 1.807) is 0 Å². The van der Waals surface area contributed by atoms with Gasteiger partial charge < -0.3 is 15.1 Å². The van der Waals surface area contributed by atoms with Gasteiger partial charge >= 0.3 is 0 Å². The average Bonchev–Trinajstić information content (AvgIpc) is 3.30. The molecule has 0 radical (unpaired) electrons. The number of hydrogen-bond acceptors (Lipinski definition) is 4. The summed E-state index contributed by atoms with van der Waals surface area (Å²) in [6.07, 6.45) is 2.26. The first-order chi connectivity index (χ1) is 15.6. The Morgan fingerprint density at radius 3 is 2.38 bits per heavy atom. The highest BCUT2D eigenvalue weighted by molar-refractivity contribution is 5.94. The summed E-state index contributed by atoms with van der Waals surface area (Å²) in [5, 5.41) is 3.17. The molecule has 2 fully saturated rings. The van der Waals surface area contributed by atoms with Crippen LogP contribution in [0.4, 0.5) is 5.69 Å². The maximum Gasteiger partial charge on any atom is 0.251 e. The van der Waals surface area contributed by atoms with Crippen LogP contribution in [0.15, 0.2) is 54.6 Å². The molecule has 1 amide bonds. The molecule has 0 aliphatic carbocycles. The Morgan fingerprint density at radius 1 is 0.969 bits per heavy atom. The zero-order chi connectivity index (χ0) is 22.3. The van der Waals surface area contributed by atoms with Crippen molar-refractivity contribution in [3.8, 4) is 0 Å². The molecule has 0 bridgehead atoms. The Hall–Kier alpha value is -2.37. The minimum Gasteiger partial charge on any atom is -0.369 e. The van der Waals surface area contributed by atoms with Gasteiger partial charge in [-0.1, -0.05) is 30.3 Å². The van der Waals surface area contributed by atoms with Crippen molar-refractivity contribution in [3.63, 3.8) is 0 Å². The van der Waals surface area contributed by atoms with Gasteiger partial charge in [0.05, 0.1) is 0 Å². The molecular formula is C27H38N4O. The Balaban J connectivity index is 1.18. The van der Waals surface area contributed by atoms with E-state index < -0.39 is 0 Å². The Bertz CT molecular complexity index is 844. The second kappa shape index (κ2) is 11.0. The molecule has 0 aromatic heterocycles. The van der Waals surface area contributed by atoms with Crippen molar-refractivity contribution >= 4 is 11.6 Å². The molecule has 4 rings (SSSR count). The summed E-state index contributed by atoms with van der Waals surface area (Å²) in [6.45, 7) is 12.9. The van der Waals surface area contributed by atoms with Crippen LogP contribution in [0.1, 0.15) is 36.2 Å². The molecule has 2 aliphatic heterocycles. The fraction of sp³-hybridized carbons (Fsp3) is 0.519. The molecule has 2 heterocycles. The van der Waals surface area contributed by atoms with Gasteiger partial charge in [-0.15, -0.1) is 0 Å². The summed E-state index contributed by atoms with van der Waals surface area (Å²) in [5.41, 5.74) is 3.37.